The van der Waals surface area contributed by atoms with Crippen molar-refractivity contribution in [2.75, 3.05) is 39.1 Å². The van der Waals surface area contributed by atoms with Crippen LogP contribution >= 0.6 is 12.6 Å². The second kappa shape index (κ2) is 7.93. The van der Waals surface area contributed by atoms with Gasteiger partial charge in [0.2, 0.25) is 0 Å². The van der Waals surface area contributed by atoms with Crippen molar-refractivity contribution in [1.82, 2.24) is 4.90 Å². The number of hydrogen-bond donors (Lipinski definition) is 1. The lowest BCUT2D eigenvalue weighted by molar-refractivity contribution is 0.0553. The molecule has 0 bridgehead atoms. The predicted molar refractivity (Wildman–Crippen MR) is 84.1 cm³/mol. The van der Waals surface area contributed by atoms with E-state index in [0.29, 0.717) is 5.92 Å². The molecular formula is C16H25NOS. The Morgan fingerprint density at radius 3 is 2.58 bits per heavy atom. The molecule has 0 aromatic heterocycles. The SMILES string of the molecule is CN(CC1CCOCC1)CC(CS)c1ccccc1. The Bertz CT molecular complexity index is 351. The van der Waals surface area contributed by atoms with Crippen LogP contribution in [-0.2, 0) is 4.74 Å². The molecule has 1 atom stereocenters. The third-order valence-electron chi connectivity index (χ3n) is 3.93. The molecule has 1 aliphatic rings. The van der Waals surface area contributed by atoms with Crippen LogP contribution in [0.1, 0.15) is 24.3 Å². The highest BCUT2D eigenvalue weighted by Gasteiger charge is 2.18. The van der Waals surface area contributed by atoms with E-state index < -0.39 is 0 Å². The molecule has 0 spiro atoms. The van der Waals surface area contributed by atoms with Gasteiger partial charge < -0.3 is 9.64 Å². The number of rotatable bonds is 6. The first-order chi connectivity index (χ1) is 9.29. The van der Waals surface area contributed by atoms with Gasteiger partial charge >= 0.3 is 0 Å². The third-order valence-corrected chi connectivity index (χ3v) is 4.37. The van der Waals surface area contributed by atoms with Crippen LogP contribution in [0.5, 0.6) is 0 Å². The van der Waals surface area contributed by atoms with E-state index in [1.54, 1.807) is 0 Å². The summed E-state index contributed by atoms with van der Waals surface area (Å²) in [6, 6.07) is 10.7. The van der Waals surface area contributed by atoms with E-state index >= 15 is 0 Å². The highest BCUT2D eigenvalue weighted by atomic mass is 32.1. The molecule has 0 N–H and O–H groups in total. The number of hydrogen-bond acceptors (Lipinski definition) is 3. The van der Waals surface area contributed by atoms with Crippen LogP contribution in [0.4, 0.5) is 0 Å². The van der Waals surface area contributed by atoms with E-state index in [0.717, 1.165) is 31.4 Å². The van der Waals surface area contributed by atoms with Crippen molar-refractivity contribution < 1.29 is 4.74 Å². The molecule has 1 aliphatic heterocycles. The maximum Gasteiger partial charge on any atom is 0.0469 e. The van der Waals surface area contributed by atoms with E-state index in [4.69, 9.17) is 4.74 Å². The highest BCUT2D eigenvalue weighted by Crippen LogP contribution is 2.20. The van der Waals surface area contributed by atoms with Gasteiger partial charge in [0.15, 0.2) is 0 Å². The van der Waals surface area contributed by atoms with Crippen LogP contribution in [0.2, 0.25) is 0 Å². The van der Waals surface area contributed by atoms with Crippen LogP contribution < -0.4 is 0 Å². The summed E-state index contributed by atoms with van der Waals surface area (Å²) in [6.45, 7) is 4.14. The molecule has 2 nitrogen and oxygen atoms in total. The number of thiol groups is 1. The van der Waals surface area contributed by atoms with Gasteiger partial charge in [0, 0.05) is 32.2 Å². The molecule has 3 heteroatoms. The van der Waals surface area contributed by atoms with Crippen LogP contribution in [0.25, 0.3) is 0 Å². The lowest BCUT2D eigenvalue weighted by Crippen LogP contribution is -2.33. The van der Waals surface area contributed by atoms with Crippen molar-refractivity contribution in [1.29, 1.82) is 0 Å². The van der Waals surface area contributed by atoms with E-state index in [-0.39, 0.29) is 0 Å². The van der Waals surface area contributed by atoms with E-state index in [2.05, 4.69) is 54.9 Å². The smallest absolute Gasteiger partial charge is 0.0469 e. The summed E-state index contributed by atoms with van der Waals surface area (Å²) in [5.41, 5.74) is 1.40. The highest BCUT2D eigenvalue weighted by molar-refractivity contribution is 7.80. The maximum absolute atomic E-state index is 5.42. The Morgan fingerprint density at radius 1 is 1.26 bits per heavy atom. The summed E-state index contributed by atoms with van der Waals surface area (Å²) in [5, 5.41) is 0. The molecule has 1 aromatic carbocycles. The zero-order valence-electron chi connectivity index (χ0n) is 11.8. The van der Waals surface area contributed by atoms with Gasteiger partial charge in [-0.25, -0.2) is 0 Å². The van der Waals surface area contributed by atoms with Gasteiger partial charge in [-0.05, 0) is 37.1 Å². The third kappa shape index (κ3) is 4.83. The fourth-order valence-corrected chi connectivity index (χ4v) is 3.14. The normalized spacial score (nSPS) is 18.7. The largest absolute Gasteiger partial charge is 0.381 e. The Labute approximate surface area is 122 Å². The fraction of sp³-hybridized carbons (Fsp3) is 0.625. The molecule has 1 saturated heterocycles. The number of ether oxygens (including phenoxy) is 1. The van der Waals surface area contributed by atoms with Gasteiger partial charge in [-0.2, -0.15) is 12.6 Å². The molecular weight excluding hydrogens is 254 g/mol. The summed E-state index contributed by atoms with van der Waals surface area (Å²) in [5.74, 6) is 2.23. The molecule has 0 amide bonds. The monoisotopic (exact) mass is 279 g/mol. The fourth-order valence-electron chi connectivity index (χ4n) is 2.81. The van der Waals surface area contributed by atoms with Crippen LogP contribution in [0.3, 0.4) is 0 Å². The molecule has 1 heterocycles. The predicted octanol–water partition coefficient (Wildman–Crippen LogP) is 3.06. The standard InChI is InChI=1S/C16H25NOS/c1-17(11-14-7-9-18-10-8-14)12-16(13-19)15-5-3-2-4-6-15/h2-6,14,16,19H,7-13H2,1H3. The number of nitrogens with zero attached hydrogens (tertiary/aromatic N) is 1. The minimum atomic E-state index is 0.523. The van der Waals surface area contributed by atoms with E-state index in [9.17, 15) is 0 Å². The summed E-state index contributed by atoms with van der Waals surface area (Å²) < 4.78 is 5.42. The number of benzene rings is 1. The van der Waals surface area contributed by atoms with Crippen molar-refractivity contribution in [3.63, 3.8) is 0 Å². The quantitative estimate of drug-likeness (QED) is 0.804. The van der Waals surface area contributed by atoms with Gasteiger partial charge in [0.05, 0.1) is 0 Å². The molecule has 1 fully saturated rings. The number of likely N-dealkylation sites (N-methyl/N-ethyl adjacent to an activating group) is 1. The molecule has 0 radical (unpaired) electrons. The van der Waals surface area contributed by atoms with E-state index in [1.165, 1.54) is 24.9 Å². The molecule has 1 unspecified atom stereocenters. The minimum absolute atomic E-state index is 0.523. The molecule has 0 aliphatic carbocycles. The maximum atomic E-state index is 5.42. The van der Waals surface area contributed by atoms with Gasteiger partial charge in [0.25, 0.3) is 0 Å². The molecule has 1 aromatic rings. The van der Waals surface area contributed by atoms with Crippen LogP contribution in [-0.4, -0.2) is 44.0 Å². The lowest BCUT2D eigenvalue weighted by Gasteiger charge is -2.29. The first kappa shape index (κ1) is 14.9. The van der Waals surface area contributed by atoms with Crippen LogP contribution in [0, 0.1) is 5.92 Å². The van der Waals surface area contributed by atoms with Crippen molar-refractivity contribution in [2.45, 2.75) is 18.8 Å². The van der Waals surface area contributed by atoms with Crippen LogP contribution in [0.15, 0.2) is 30.3 Å². The minimum Gasteiger partial charge on any atom is -0.381 e. The lowest BCUT2D eigenvalue weighted by atomic mass is 9.97. The summed E-state index contributed by atoms with van der Waals surface area (Å²) in [4.78, 5) is 2.46. The summed E-state index contributed by atoms with van der Waals surface area (Å²) >= 11 is 4.52. The first-order valence-corrected chi connectivity index (χ1v) is 7.85. The average molecular weight is 279 g/mol. The second-order valence-electron chi connectivity index (χ2n) is 5.57. The van der Waals surface area contributed by atoms with Crippen molar-refractivity contribution >= 4 is 12.6 Å². The Morgan fingerprint density at radius 2 is 1.95 bits per heavy atom. The molecule has 106 valence electrons. The summed E-state index contributed by atoms with van der Waals surface area (Å²) in [7, 11) is 2.23. The Balaban J connectivity index is 1.84. The van der Waals surface area contributed by atoms with Gasteiger partial charge in [-0.15, -0.1) is 0 Å². The average Bonchev–Trinajstić information content (AvgIpc) is 2.47. The molecule has 0 saturated carbocycles. The van der Waals surface area contributed by atoms with Crippen molar-refractivity contribution in [3.8, 4) is 0 Å². The first-order valence-electron chi connectivity index (χ1n) is 7.21. The van der Waals surface area contributed by atoms with Gasteiger partial charge in [-0.1, -0.05) is 30.3 Å². The Hall–Kier alpha value is -0.510. The van der Waals surface area contributed by atoms with Gasteiger partial charge in [0.1, 0.15) is 0 Å². The van der Waals surface area contributed by atoms with E-state index in [1.807, 2.05) is 0 Å². The zero-order valence-corrected chi connectivity index (χ0v) is 12.7. The zero-order chi connectivity index (χ0) is 13.5. The topological polar surface area (TPSA) is 12.5 Å². The second-order valence-corrected chi connectivity index (χ2v) is 5.93. The van der Waals surface area contributed by atoms with Crippen molar-refractivity contribution in [3.05, 3.63) is 35.9 Å². The van der Waals surface area contributed by atoms with Crippen molar-refractivity contribution in [2.24, 2.45) is 5.92 Å². The Kier molecular flexibility index (Phi) is 6.21. The van der Waals surface area contributed by atoms with Gasteiger partial charge in [-0.3, -0.25) is 0 Å². The summed E-state index contributed by atoms with van der Waals surface area (Å²) in [6.07, 6.45) is 2.42. The molecule has 2 rings (SSSR count). The molecule has 19 heavy (non-hydrogen) atoms.